The third-order valence-electron chi connectivity index (χ3n) is 6.48. The van der Waals surface area contributed by atoms with Gasteiger partial charge in [-0.1, -0.05) is 73.0 Å². The van der Waals surface area contributed by atoms with Gasteiger partial charge in [-0.25, -0.2) is 0 Å². The maximum Gasteiger partial charge on any atom is 0.271 e. The Morgan fingerprint density at radius 2 is 1.89 bits per heavy atom. The Bertz CT molecular complexity index is 1140. The summed E-state index contributed by atoms with van der Waals surface area (Å²) in [6.07, 6.45) is 3.29. The molecule has 1 fully saturated rings. The van der Waals surface area contributed by atoms with Crippen molar-refractivity contribution in [3.8, 4) is 0 Å². The van der Waals surface area contributed by atoms with Gasteiger partial charge in [0.2, 0.25) is 5.95 Å². The van der Waals surface area contributed by atoms with Crippen LogP contribution in [-0.2, 0) is 6.54 Å². The Labute approximate surface area is 210 Å². The average Bonchev–Trinajstić information content (AvgIpc) is 3.22. The van der Waals surface area contributed by atoms with Crippen molar-refractivity contribution in [1.82, 2.24) is 14.9 Å². The normalized spacial score (nSPS) is 18.6. The lowest BCUT2D eigenvalue weighted by Gasteiger charge is -2.30. The molecule has 0 aliphatic heterocycles. The summed E-state index contributed by atoms with van der Waals surface area (Å²) in [6, 6.07) is 16.9. The number of anilines is 2. The number of carbonyl (C=O) groups excluding carboxylic acids is 1. The number of amides is 1. The van der Waals surface area contributed by atoms with E-state index in [2.05, 4.69) is 16.0 Å². The maximum atomic E-state index is 13.4. The topological polar surface area (TPSA) is 117 Å². The minimum absolute atomic E-state index is 0.0190. The Kier molecular flexibility index (Phi) is 8.28. The lowest BCUT2D eigenvalue weighted by atomic mass is 9.91. The second-order valence-electron chi connectivity index (χ2n) is 8.90. The molecule has 8 nitrogen and oxygen atoms in total. The molecule has 1 aliphatic carbocycles. The molecule has 9 heteroatoms. The molecular weight excluding hydrogens is 464 g/mol. The van der Waals surface area contributed by atoms with Crippen LogP contribution in [0.25, 0.3) is 0 Å². The van der Waals surface area contributed by atoms with Crippen LogP contribution >= 0.6 is 11.6 Å². The summed E-state index contributed by atoms with van der Waals surface area (Å²) in [7, 11) is 1.73. The molecule has 1 aliphatic rings. The second kappa shape index (κ2) is 11.6. The van der Waals surface area contributed by atoms with E-state index in [4.69, 9.17) is 22.3 Å². The van der Waals surface area contributed by atoms with Gasteiger partial charge in [-0.3, -0.25) is 9.36 Å². The molecule has 2 unspecified atom stereocenters. The number of rotatable bonds is 9. The van der Waals surface area contributed by atoms with Crippen LogP contribution in [-0.4, -0.2) is 46.2 Å². The molecule has 2 aromatic carbocycles. The summed E-state index contributed by atoms with van der Waals surface area (Å²) >= 11 is 6.46. The number of halogens is 1. The highest BCUT2D eigenvalue weighted by atomic mass is 35.5. The van der Waals surface area contributed by atoms with E-state index in [1.54, 1.807) is 7.05 Å². The zero-order chi connectivity index (χ0) is 24.8. The molecule has 4 rings (SSSR count). The fourth-order valence-electron chi connectivity index (χ4n) is 4.49. The number of hydrogen-bond acceptors (Lipinski definition) is 6. The van der Waals surface area contributed by atoms with Crippen LogP contribution in [0.5, 0.6) is 0 Å². The van der Waals surface area contributed by atoms with E-state index in [-0.39, 0.29) is 24.5 Å². The Hall–Kier alpha value is -3.07. The highest BCUT2D eigenvalue weighted by molar-refractivity contribution is 6.31. The summed E-state index contributed by atoms with van der Waals surface area (Å²) in [5.41, 5.74) is 8.34. The highest BCUT2D eigenvalue weighted by Crippen LogP contribution is 2.28. The van der Waals surface area contributed by atoms with Crippen molar-refractivity contribution in [2.75, 3.05) is 24.2 Å². The molecule has 0 saturated heterocycles. The summed E-state index contributed by atoms with van der Waals surface area (Å²) in [5, 5.41) is 20.6. The smallest absolute Gasteiger partial charge is 0.271 e. The van der Waals surface area contributed by atoms with E-state index >= 15 is 0 Å². The third-order valence-corrected chi connectivity index (χ3v) is 6.85. The van der Waals surface area contributed by atoms with Gasteiger partial charge in [0, 0.05) is 30.7 Å². The van der Waals surface area contributed by atoms with Gasteiger partial charge >= 0.3 is 0 Å². The maximum absolute atomic E-state index is 13.4. The van der Waals surface area contributed by atoms with Crippen molar-refractivity contribution in [1.29, 1.82) is 0 Å². The zero-order valence-corrected chi connectivity index (χ0v) is 20.6. The van der Waals surface area contributed by atoms with Crippen molar-refractivity contribution < 1.29 is 9.90 Å². The zero-order valence-electron chi connectivity index (χ0n) is 19.9. The monoisotopic (exact) mass is 496 g/mol. The Balaban J connectivity index is 1.64. The van der Waals surface area contributed by atoms with Crippen molar-refractivity contribution >= 4 is 29.3 Å². The molecular formula is C26H33ClN6O2. The Morgan fingerprint density at radius 3 is 2.60 bits per heavy atom. The van der Waals surface area contributed by atoms with Gasteiger partial charge in [-0.2, -0.15) is 4.98 Å². The fraction of sp³-hybridized carbons (Fsp3) is 0.385. The van der Waals surface area contributed by atoms with Crippen molar-refractivity contribution in [3.63, 3.8) is 0 Å². The van der Waals surface area contributed by atoms with Gasteiger partial charge in [0.15, 0.2) is 11.5 Å². The first-order chi connectivity index (χ1) is 17.0. The predicted octanol–water partition coefficient (Wildman–Crippen LogP) is 3.77. The fourth-order valence-corrected chi connectivity index (χ4v) is 4.68. The van der Waals surface area contributed by atoms with Crippen molar-refractivity contribution in [3.05, 3.63) is 76.4 Å². The first kappa shape index (κ1) is 25.0. The van der Waals surface area contributed by atoms with E-state index < -0.39 is 6.10 Å². The summed E-state index contributed by atoms with van der Waals surface area (Å²) in [6.45, 7) is 0.419. The van der Waals surface area contributed by atoms with Crippen LogP contribution in [0, 0.1) is 0 Å². The van der Waals surface area contributed by atoms with Gasteiger partial charge in [0.05, 0.1) is 12.6 Å². The molecule has 0 radical (unpaired) electrons. The number of nitrogens with zero attached hydrogens (tertiary/aromatic N) is 2. The number of hydrogen-bond donors (Lipinski definition) is 5. The first-order valence-corrected chi connectivity index (χ1v) is 12.4. The standard InChI is InChI=1S/C26H33ClN6O2/c1-29-24-23(25(35)30-15-22(34)17-9-3-2-4-10-17)33(16-18-11-5-6-12-19(18)27)26(32-24)31-21-14-8-7-13-20(21)28/h2-6,9-12,20-22,29,34H,7-8,13-16,28H2,1H3,(H,30,35)(H,31,32)/t20-,21?,22?/m1/s1. The van der Waals surface area contributed by atoms with E-state index in [0.717, 1.165) is 36.8 Å². The number of aromatic nitrogens is 2. The summed E-state index contributed by atoms with van der Waals surface area (Å²) in [4.78, 5) is 18.1. The number of benzene rings is 2. The molecule has 35 heavy (non-hydrogen) atoms. The van der Waals surface area contributed by atoms with Crippen molar-refractivity contribution in [2.24, 2.45) is 5.73 Å². The van der Waals surface area contributed by atoms with Crippen LogP contribution in [0.3, 0.4) is 0 Å². The van der Waals surface area contributed by atoms with Crippen molar-refractivity contribution in [2.45, 2.75) is 50.4 Å². The predicted molar refractivity (Wildman–Crippen MR) is 140 cm³/mol. The van der Waals surface area contributed by atoms with E-state index in [0.29, 0.717) is 29.0 Å². The minimum Gasteiger partial charge on any atom is -0.387 e. The summed E-state index contributed by atoms with van der Waals surface area (Å²) < 4.78 is 1.83. The number of aliphatic hydroxyl groups is 1. The highest BCUT2D eigenvalue weighted by Gasteiger charge is 2.28. The van der Waals surface area contributed by atoms with E-state index in [9.17, 15) is 9.90 Å². The van der Waals surface area contributed by atoms with Crippen LogP contribution in [0.2, 0.25) is 5.02 Å². The van der Waals surface area contributed by atoms with Gasteiger partial charge in [0.25, 0.3) is 5.91 Å². The average molecular weight is 497 g/mol. The van der Waals surface area contributed by atoms with Gasteiger partial charge in [0.1, 0.15) is 0 Å². The molecule has 3 atom stereocenters. The lowest BCUT2D eigenvalue weighted by Crippen LogP contribution is -2.43. The number of nitrogens with two attached hydrogens (primary N) is 1. The van der Waals surface area contributed by atoms with Gasteiger partial charge < -0.3 is 26.8 Å². The second-order valence-corrected chi connectivity index (χ2v) is 9.30. The molecule has 0 bridgehead atoms. The molecule has 1 aromatic heterocycles. The Morgan fingerprint density at radius 1 is 1.17 bits per heavy atom. The van der Waals surface area contributed by atoms with Gasteiger partial charge in [-0.15, -0.1) is 0 Å². The quantitative estimate of drug-likeness (QED) is 0.308. The molecule has 6 N–H and O–H groups in total. The first-order valence-electron chi connectivity index (χ1n) is 12.0. The summed E-state index contributed by atoms with van der Waals surface area (Å²) in [5.74, 6) is 0.658. The minimum atomic E-state index is -0.823. The lowest BCUT2D eigenvalue weighted by molar-refractivity contribution is 0.0908. The molecule has 1 amide bonds. The SMILES string of the molecule is CNc1nc(NC2CCCC[C@H]2N)n(Cc2ccccc2Cl)c1C(=O)NCC(O)c1ccccc1. The largest absolute Gasteiger partial charge is 0.387 e. The van der Waals surface area contributed by atoms with Crippen LogP contribution in [0.15, 0.2) is 54.6 Å². The number of nitrogens with one attached hydrogen (secondary N) is 3. The molecule has 3 aromatic rings. The molecule has 1 heterocycles. The molecule has 186 valence electrons. The van der Waals surface area contributed by atoms with E-state index in [1.807, 2.05) is 59.2 Å². The van der Waals surface area contributed by atoms with Gasteiger partial charge in [-0.05, 0) is 30.0 Å². The number of imidazole rings is 1. The molecule has 0 spiro atoms. The number of carbonyl (C=O) groups is 1. The van der Waals surface area contributed by atoms with E-state index in [1.165, 1.54) is 0 Å². The molecule has 1 saturated carbocycles. The van der Waals surface area contributed by atoms with Crippen LogP contribution in [0.4, 0.5) is 11.8 Å². The van der Waals surface area contributed by atoms with Crippen LogP contribution in [0.1, 0.15) is 53.4 Å². The third kappa shape index (κ3) is 5.96. The number of aliphatic hydroxyl groups excluding tert-OH is 1. The van der Waals surface area contributed by atoms with Crippen LogP contribution < -0.4 is 21.7 Å².